The second-order valence-electron chi connectivity index (χ2n) is 2.76. The summed E-state index contributed by atoms with van der Waals surface area (Å²) in [4.78, 5) is 0. The number of hydrogen-bond donors (Lipinski definition) is 0. The van der Waals surface area contributed by atoms with Gasteiger partial charge in [-0.15, -0.1) is 0 Å². The van der Waals surface area contributed by atoms with Crippen LogP contribution in [0.2, 0.25) is 0 Å². The van der Waals surface area contributed by atoms with Gasteiger partial charge in [-0.1, -0.05) is 43.9 Å². The van der Waals surface area contributed by atoms with E-state index >= 15 is 0 Å². The van der Waals surface area contributed by atoms with Gasteiger partial charge in [0.1, 0.15) is 0 Å². The van der Waals surface area contributed by atoms with Gasteiger partial charge in [-0.05, 0) is 24.0 Å². The largest absolute Gasteiger partial charge is 0.0985 e. The zero-order valence-electron chi connectivity index (χ0n) is 7.17. The molecule has 0 saturated heterocycles. The molecule has 0 aromatic heterocycles. The Bertz CT molecular complexity index is 239. The minimum absolute atomic E-state index is 0.671. The molecule has 11 heavy (non-hydrogen) atoms. The van der Waals surface area contributed by atoms with Crippen molar-refractivity contribution in [1.82, 2.24) is 0 Å². The zero-order chi connectivity index (χ0) is 8.27. The summed E-state index contributed by atoms with van der Waals surface area (Å²) in [7, 11) is 0. The van der Waals surface area contributed by atoms with Crippen LogP contribution in [0, 0.1) is 5.92 Å². The van der Waals surface area contributed by atoms with Gasteiger partial charge >= 0.3 is 0 Å². The van der Waals surface area contributed by atoms with E-state index in [0.29, 0.717) is 5.92 Å². The van der Waals surface area contributed by atoms with E-state index in [0.717, 1.165) is 0 Å². The smallest absolute Gasteiger partial charge is 0.000120 e. The first-order valence-electron chi connectivity index (χ1n) is 3.97. The van der Waals surface area contributed by atoms with Crippen LogP contribution >= 0.6 is 0 Å². The van der Waals surface area contributed by atoms with Crippen molar-refractivity contribution >= 4 is 0 Å². The van der Waals surface area contributed by atoms with Crippen LogP contribution in [0.1, 0.15) is 13.8 Å². The summed E-state index contributed by atoms with van der Waals surface area (Å²) in [6.45, 7) is 7.98. The van der Waals surface area contributed by atoms with Crippen molar-refractivity contribution in [3.63, 3.8) is 0 Å². The molecule has 0 radical (unpaired) electrons. The van der Waals surface area contributed by atoms with Crippen molar-refractivity contribution < 1.29 is 0 Å². The monoisotopic (exact) mass is 146 g/mol. The molecule has 1 unspecified atom stereocenters. The number of hydrogen-bond acceptors (Lipinski definition) is 0. The fourth-order valence-corrected chi connectivity index (χ4v) is 1.06. The molecule has 0 heteroatoms. The normalized spacial score (nSPS) is 23.6. The van der Waals surface area contributed by atoms with Gasteiger partial charge in [0.05, 0.1) is 0 Å². The van der Waals surface area contributed by atoms with Gasteiger partial charge in [0.15, 0.2) is 0 Å². The lowest BCUT2D eigenvalue weighted by Crippen LogP contribution is -1.76. The minimum atomic E-state index is 0.671. The average molecular weight is 146 g/mol. The second-order valence-corrected chi connectivity index (χ2v) is 2.76. The first-order valence-corrected chi connectivity index (χ1v) is 3.97. The third-order valence-corrected chi connectivity index (χ3v) is 1.83. The van der Waals surface area contributed by atoms with Crippen molar-refractivity contribution in [1.29, 1.82) is 0 Å². The Morgan fingerprint density at radius 2 is 2.27 bits per heavy atom. The molecule has 0 aromatic carbocycles. The molecule has 1 aliphatic carbocycles. The summed E-state index contributed by atoms with van der Waals surface area (Å²) in [6.07, 6.45) is 10.3. The van der Waals surface area contributed by atoms with Gasteiger partial charge in [0.2, 0.25) is 0 Å². The quantitative estimate of drug-likeness (QED) is 0.536. The van der Waals surface area contributed by atoms with Crippen LogP contribution in [-0.4, -0.2) is 0 Å². The molecule has 0 N–H and O–H groups in total. The predicted octanol–water partition coefficient (Wildman–Crippen LogP) is 3.25. The lowest BCUT2D eigenvalue weighted by atomic mass is 10.1. The van der Waals surface area contributed by atoms with Gasteiger partial charge in [0, 0.05) is 0 Å². The predicted molar refractivity (Wildman–Crippen MR) is 50.3 cm³/mol. The van der Waals surface area contributed by atoms with Crippen molar-refractivity contribution in [3.05, 3.63) is 48.1 Å². The van der Waals surface area contributed by atoms with Crippen LogP contribution in [0.15, 0.2) is 48.1 Å². The SMILES string of the molecule is C=C/C(=C\C=C/C)C1=CC1C. The third kappa shape index (κ3) is 1.94. The Balaban J connectivity index is 2.64. The van der Waals surface area contributed by atoms with Crippen LogP contribution in [-0.2, 0) is 0 Å². The average Bonchev–Trinajstić information content (AvgIpc) is 2.69. The van der Waals surface area contributed by atoms with Crippen LogP contribution in [0.5, 0.6) is 0 Å². The summed E-state index contributed by atoms with van der Waals surface area (Å²) in [5.74, 6) is 0.671. The van der Waals surface area contributed by atoms with Gasteiger partial charge in [0.25, 0.3) is 0 Å². The maximum absolute atomic E-state index is 3.77. The van der Waals surface area contributed by atoms with E-state index in [1.54, 1.807) is 0 Å². The number of allylic oxidation sites excluding steroid dienone is 7. The molecule has 58 valence electrons. The van der Waals surface area contributed by atoms with Gasteiger partial charge in [-0.25, -0.2) is 0 Å². The highest BCUT2D eigenvalue weighted by Gasteiger charge is 2.20. The molecule has 1 aliphatic rings. The first kappa shape index (κ1) is 8.06. The molecule has 0 fully saturated rings. The lowest BCUT2D eigenvalue weighted by Gasteiger charge is -1.92. The van der Waals surface area contributed by atoms with Crippen LogP contribution < -0.4 is 0 Å². The van der Waals surface area contributed by atoms with Crippen LogP contribution in [0.25, 0.3) is 0 Å². The van der Waals surface area contributed by atoms with Crippen molar-refractivity contribution in [2.24, 2.45) is 5.92 Å². The van der Waals surface area contributed by atoms with Gasteiger partial charge in [-0.2, -0.15) is 0 Å². The minimum Gasteiger partial charge on any atom is -0.0985 e. The fraction of sp³-hybridized carbons (Fsp3) is 0.273. The molecular weight excluding hydrogens is 132 g/mol. The fourth-order valence-electron chi connectivity index (χ4n) is 1.06. The molecule has 0 heterocycles. The Hall–Kier alpha value is -1.04. The molecular formula is C11H14. The second kappa shape index (κ2) is 3.38. The topological polar surface area (TPSA) is 0 Å². The molecule has 0 saturated carbocycles. The Labute approximate surface area is 68.6 Å². The Kier molecular flexibility index (Phi) is 2.48. The van der Waals surface area contributed by atoms with Crippen LogP contribution in [0.3, 0.4) is 0 Å². The highest BCUT2D eigenvalue weighted by molar-refractivity contribution is 5.52. The molecule has 0 amide bonds. The van der Waals surface area contributed by atoms with E-state index in [1.165, 1.54) is 11.1 Å². The summed E-state index contributed by atoms with van der Waals surface area (Å²) >= 11 is 0. The van der Waals surface area contributed by atoms with E-state index in [-0.39, 0.29) is 0 Å². The molecule has 1 atom stereocenters. The van der Waals surface area contributed by atoms with Crippen molar-refractivity contribution in [2.75, 3.05) is 0 Å². The molecule has 0 bridgehead atoms. The first-order chi connectivity index (χ1) is 5.29. The van der Waals surface area contributed by atoms with Gasteiger partial charge < -0.3 is 0 Å². The Morgan fingerprint density at radius 1 is 1.64 bits per heavy atom. The summed E-state index contributed by atoms with van der Waals surface area (Å²) in [6, 6.07) is 0. The highest BCUT2D eigenvalue weighted by Crippen LogP contribution is 2.34. The third-order valence-electron chi connectivity index (χ3n) is 1.83. The van der Waals surface area contributed by atoms with Crippen LogP contribution in [0.4, 0.5) is 0 Å². The van der Waals surface area contributed by atoms with Crippen molar-refractivity contribution in [3.8, 4) is 0 Å². The summed E-state index contributed by atoms with van der Waals surface area (Å²) < 4.78 is 0. The maximum atomic E-state index is 3.77. The van der Waals surface area contributed by atoms with E-state index in [9.17, 15) is 0 Å². The molecule has 1 rings (SSSR count). The van der Waals surface area contributed by atoms with Crippen molar-refractivity contribution in [2.45, 2.75) is 13.8 Å². The molecule has 0 nitrogen and oxygen atoms in total. The highest BCUT2D eigenvalue weighted by atomic mass is 14.2. The Morgan fingerprint density at radius 3 is 2.64 bits per heavy atom. The molecule has 0 spiro atoms. The zero-order valence-corrected chi connectivity index (χ0v) is 7.17. The number of rotatable bonds is 3. The van der Waals surface area contributed by atoms with Gasteiger partial charge in [-0.3, -0.25) is 0 Å². The molecule has 0 aliphatic heterocycles. The molecule has 0 aromatic rings. The summed E-state index contributed by atoms with van der Waals surface area (Å²) in [5.41, 5.74) is 2.69. The van der Waals surface area contributed by atoms with E-state index in [1.807, 2.05) is 25.2 Å². The summed E-state index contributed by atoms with van der Waals surface area (Å²) in [5, 5.41) is 0. The standard InChI is InChI=1S/C11H14/c1-4-6-7-10(5-2)11-8-9(11)3/h4-9H,2H2,1,3H3/b6-4-,10-7+. The van der Waals surface area contributed by atoms with E-state index in [4.69, 9.17) is 0 Å². The lowest BCUT2D eigenvalue weighted by molar-refractivity contribution is 1.04. The van der Waals surface area contributed by atoms with E-state index < -0.39 is 0 Å². The van der Waals surface area contributed by atoms with E-state index in [2.05, 4.69) is 25.7 Å². The maximum Gasteiger partial charge on any atom is -0.000120 e.